The Kier molecular flexibility index (Phi) is 8.24. The number of rotatable bonds is 5. The van der Waals surface area contributed by atoms with Crippen LogP contribution in [-0.2, 0) is 16.4 Å². The predicted molar refractivity (Wildman–Crippen MR) is 101 cm³/mol. The average molecular weight is 455 g/mol. The third kappa shape index (κ3) is 7.03. The summed E-state index contributed by atoms with van der Waals surface area (Å²) in [5, 5.41) is 6.27. The highest BCUT2D eigenvalue weighted by molar-refractivity contribution is 14.0. The van der Waals surface area contributed by atoms with Crippen LogP contribution in [0.15, 0.2) is 29.3 Å². The minimum atomic E-state index is -2.86. The van der Waals surface area contributed by atoms with Gasteiger partial charge in [-0.2, -0.15) is 0 Å². The molecule has 1 fully saturated rings. The molecular weight excluding hydrogens is 432 g/mol. The number of nitrogens with one attached hydrogen (secondary N) is 2. The van der Waals surface area contributed by atoms with Gasteiger partial charge in [0.25, 0.3) is 0 Å². The maximum Gasteiger partial charge on any atom is 0.191 e. The maximum atomic E-state index is 13.1. The van der Waals surface area contributed by atoms with E-state index in [2.05, 4.69) is 15.6 Å². The fraction of sp³-hybridized carbons (Fsp3) is 0.533. The van der Waals surface area contributed by atoms with Crippen LogP contribution in [-0.4, -0.2) is 39.0 Å². The van der Waals surface area contributed by atoms with E-state index in [1.54, 1.807) is 6.07 Å². The largest absolute Gasteiger partial charge is 0.357 e. The molecule has 1 aromatic rings. The van der Waals surface area contributed by atoms with Gasteiger partial charge in [0.15, 0.2) is 15.8 Å². The molecule has 1 heterocycles. The van der Waals surface area contributed by atoms with Gasteiger partial charge in [-0.05, 0) is 37.0 Å². The van der Waals surface area contributed by atoms with Crippen LogP contribution in [0.2, 0.25) is 0 Å². The van der Waals surface area contributed by atoms with Gasteiger partial charge >= 0.3 is 0 Å². The topological polar surface area (TPSA) is 70.6 Å². The predicted octanol–water partition coefficient (Wildman–Crippen LogP) is 1.93. The number of guanidine groups is 1. The number of nitrogens with zero attached hydrogens (tertiary/aromatic N) is 1. The molecule has 5 nitrogen and oxygen atoms in total. The first-order valence-corrected chi connectivity index (χ1v) is 9.27. The Morgan fingerprint density at radius 2 is 2.17 bits per heavy atom. The minimum Gasteiger partial charge on any atom is -0.357 e. The third-order valence-corrected chi connectivity index (χ3v) is 5.37. The van der Waals surface area contributed by atoms with Crippen LogP contribution in [0.25, 0.3) is 0 Å². The Bertz CT molecular complexity index is 637. The second-order valence-electron chi connectivity index (χ2n) is 5.48. The fourth-order valence-corrected chi connectivity index (χ4v) is 4.28. The van der Waals surface area contributed by atoms with E-state index in [0.717, 1.165) is 5.56 Å². The lowest BCUT2D eigenvalue weighted by atomic mass is 10.1. The van der Waals surface area contributed by atoms with Crippen LogP contribution in [0.3, 0.4) is 0 Å². The van der Waals surface area contributed by atoms with E-state index < -0.39 is 9.84 Å². The fourth-order valence-electron chi connectivity index (χ4n) is 2.42. The Hall–Kier alpha value is -0.900. The van der Waals surface area contributed by atoms with Gasteiger partial charge in [0, 0.05) is 13.1 Å². The van der Waals surface area contributed by atoms with Crippen molar-refractivity contribution in [2.45, 2.75) is 19.9 Å². The van der Waals surface area contributed by atoms with Crippen LogP contribution in [0, 0.1) is 11.7 Å². The summed E-state index contributed by atoms with van der Waals surface area (Å²) in [4.78, 5) is 4.40. The molecule has 1 aliphatic heterocycles. The maximum absolute atomic E-state index is 13.1. The molecule has 1 aliphatic rings. The molecule has 0 aliphatic carbocycles. The highest BCUT2D eigenvalue weighted by atomic mass is 127. The van der Waals surface area contributed by atoms with Crippen LogP contribution in [0.1, 0.15) is 18.9 Å². The first-order chi connectivity index (χ1) is 10.5. The Morgan fingerprint density at radius 1 is 1.39 bits per heavy atom. The first-order valence-electron chi connectivity index (χ1n) is 7.45. The van der Waals surface area contributed by atoms with Gasteiger partial charge in [-0.3, -0.25) is 0 Å². The zero-order valence-electron chi connectivity index (χ0n) is 13.1. The van der Waals surface area contributed by atoms with E-state index in [1.165, 1.54) is 12.1 Å². The second kappa shape index (κ2) is 9.41. The third-order valence-electron chi connectivity index (χ3n) is 3.54. The summed E-state index contributed by atoms with van der Waals surface area (Å²) in [6, 6.07) is 6.33. The van der Waals surface area contributed by atoms with E-state index in [1.807, 2.05) is 13.0 Å². The number of halogens is 2. The van der Waals surface area contributed by atoms with Crippen molar-refractivity contribution in [1.29, 1.82) is 0 Å². The van der Waals surface area contributed by atoms with Gasteiger partial charge in [-0.25, -0.2) is 17.8 Å². The van der Waals surface area contributed by atoms with E-state index in [-0.39, 0.29) is 47.2 Å². The molecule has 23 heavy (non-hydrogen) atoms. The molecule has 8 heteroatoms. The SMILES string of the molecule is CCNC(=NCc1cccc(F)c1)NCC1CCS(=O)(=O)C1.I. The summed E-state index contributed by atoms with van der Waals surface area (Å²) < 4.78 is 36.0. The number of hydrogen-bond acceptors (Lipinski definition) is 3. The van der Waals surface area contributed by atoms with E-state index in [4.69, 9.17) is 0 Å². The normalized spacial score (nSPS) is 19.9. The zero-order chi connectivity index (χ0) is 16.0. The summed E-state index contributed by atoms with van der Waals surface area (Å²) in [7, 11) is -2.86. The van der Waals surface area contributed by atoms with Crippen molar-refractivity contribution in [3.8, 4) is 0 Å². The minimum absolute atomic E-state index is 0. The van der Waals surface area contributed by atoms with Gasteiger partial charge in [0.05, 0.1) is 18.1 Å². The molecule has 1 aromatic carbocycles. The number of benzene rings is 1. The Balaban J connectivity index is 0.00000264. The molecule has 0 amide bonds. The van der Waals surface area contributed by atoms with Crippen molar-refractivity contribution in [2.75, 3.05) is 24.6 Å². The highest BCUT2D eigenvalue weighted by Crippen LogP contribution is 2.17. The molecule has 130 valence electrons. The number of sulfone groups is 1. The molecule has 0 spiro atoms. The molecule has 1 atom stereocenters. The van der Waals surface area contributed by atoms with Gasteiger partial charge < -0.3 is 10.6 Å². The van der Waals surface area contributed by atoms with Gasteiger partial charge in [-0.15, -0.1) is 24.0 Å². The first kappa shape index (κ1) is 20.1. The van der Waals surface area contributed by atoms with Gasteiger partial charge in [0.2, 0.25) is 0 Å². The van der Waals surface area contributed by atoms with Crippen LogP contribution in [0.5, 0.6) is 0 Å². The summed E-state index contributed by atoms with van der Waals surface area (Å²) in [5.74, 6) is 0.987. The molecule has 0 bridgehead atoms. The van der Waals surface area contributed by atoms with Crippen molar-refractivity contribution >= 4 is 39.8 Å². The van der Waals surface area contributed by atoms with Crippen molar-refractivity contribution in [2.24, 2.45) is 10.9 Å². The summed E-state index contributed by atoms with van der Waals surface area (Å²) in [5.41, 5.74) is 0.792. The van der Waals surface area contributed by atoms with Crippen molar-refractivity contribution in [3.05, 3.63) is 35.6 Å². The lowest BCUT2D eigenvalue weighted by Gasteiger charge is -2.14. The quantitative estimate of drug-likeness (QED) is 0.405. The summed E-state index contributed by atoms with van der Waals surface area (Å²) in [6.07, 6.45) is 0.693. The molecular formula is C15H23FIN3O2S. The molecule has 1 saturated heterocycles. The summed E-state index contributed by atoms with van der Waals surface area (Å²) in [6.45, 7) is 3.61. The number of hydrogen-bond donors (Lipinski definition) is 2. The standard InChI is InChI=1S/C15H22FN3O2S.HI/c1-2-17-15(18-9-12-4-3-5-14(16)8-12)19-10-13-6-7-22(20,21)11-13;/h3-5,8,13H,2,6-7,9-11H2,1H3,(H2,17,18,19);1H. The van der Waals surface area contributed by atoms with E-state index in [0.29, 0.717) is 32.0 Å². The van der Waals surface area contributed by atoms with Gasteiger partial charge in [-0.1, -0.05) is 12.1 Å². The van der Waals surface area contributed by atoms with Crippen LogP contribution >= 0.6 is 24.0 Å². The van der Waals surface area contributed by atoms with Crippen molar-refractivity contribution in [1.82, 2.24) is 10.6 Å². The lowest BCUT2D eigenvalue weighted by Crippen LogP contribution is -2.40. The van der Waals surface area contributed by atoms with Crippen molar-refractivity contribution < 1.29 is 12.8 Å². The second-order valence-corrected chi connectivity index (χ2v) is 7.70. The molecule has 0 saturated carbocycles. The highest BCUT2D eigenvalue weighted by Gasteiger charge is 2.27. The van der Waals surface area contributed by atoms with E-state index >= 15 is 0 Å². The Labute approximate surface area is 154 Å². The van der Waals surface area contributed by atoms with E-state index in [9.17, 15) is 12.8 Å². The monoisotopic (exact) mass is 455 g/mol. The van der Waals surface area contributed by atoms with Crippen LogP contribution < -0.4 is 10.6 Å². The smallest absolute Gasteiger partial charge is 0.191 e. The molecule has 0 aromatic heterocycles. The molecule has 0 radical (unpaired) electrons. The lowest BCUT2D eigenvalue weighted by molar-refractivity contribution is 0.567. The van der Waals surface area contributed by atoms with Crippen molar-refractivity contribution in [3.63, 3.8) is 0 Å². The average Bonchev–Trinajstić information content (AvgIpc) is 2.81. The Morgan fingerprint density at radius 3 is 2.78 bits per heavy atom. The summed E-state index contributed by atoms with van der Waals surface area (Å²) >= 11 is 0. The molecule has 2 rings (SSSR count). The van der Waals surface area contributed by atoms with Gasteiger partial charge in [0.1, 0.15) is 5.82 Å². The number of aliphatic imine (C=N–C) groups is 1. The zero-order valence-corrected chi connectivity index (χ0v) is 16.2. The molecule has 2 N–H and O–H groups in total. The van der Waals surface area contributed by atoms with Crippen LogP contribution in [0.4, 0.5) is 4.39 Å². The molecule has 1 unspecified atom stereocenters.